The van der Waals surface area contributed by atoms with Crippen molar-refractivity contribution in [3.05, 3.63) is 47.5 Å². The van der Waals surface area contributed by atoms with Gasteiger partial charge in [-0.1, -0.05) is 6.07 Å². The summed E-state index contributed by atoms with van der Waals surface area (Å²) in [5, 5.41) is 6.06. The minimum absolute atomic E-state index is 0.310. The van der Waals surface area contributed by atoms with Crippen molar-refractivity contribution >= 4 is 38.0 Å². The zero-order chi connectivity index (χ0) is 18.0. The number of furan rings is 1. The van der Waals surface area contributed by atoms with Gasteiger partial charge in [0, 0.05) is 30.6 Å². The maximum absolute atomic E-state index is 12.5. The van der Waals surface area contributed by atoms with Crippen LogP contribution in [0.25, 0.3) is 11.0 Å². The second-order valence-electron chi connectivity index (χ2n) is 6.39. The Labute approximate surface area is 156 Å². The Morgan fingerprint density at radius 2 is 2.15 bits per heavy atom. The van der Waals surface area contributed by atoms with Crippen LogP contribution in [0.1, 0.15) is 12.0 Å². The molecule has 0 saturated carbocycles. The zero-order valence-electron chi connectivity index (χ0n) is 14.3. The van der Waals surface area contributed by atoms with Crippen molar-refractivity contribution in [2.45, 2.75) is 17.2 Å². The molecule has 0 amide bonds. The minimum atomic E-state index is -3.56. The normalized spacial score (nSPS) is 16.6. The molecule has 138 valence electrons. The Balaban J connectivity index is 1.64. The number of hydrogen-bond donors (Lipinski definition) is 2. The number of thiophene rings is 1. The summed E-state index contributed by atoms with van der Waals surface area (Å²) in [5.41, 5.74) is 2.38. The number of nitrogens with one attached hydrogen (secondary N) is 2. The van der Waals surface area contributed by atoms with Crippen molar-refractivity contribution < 1.29 is 12.8 Å². The van der Waals surface area contributed by atoms with E-state index in [-0.39, 0.29) is 0 Å². The summed E-state index contributed by atoms with van der Waals surface area (Å²) in [5.74, 6) is 0. The molecule has 1 aliphatic rings. The quantitative estimate of drug-likeness (QED) is 0.699. The summed E-state index contributed by atoms with van der Waals surface area (Å²) >= 11 is 1.21. The molecule has 6 nitrogen and oxygen atoms in total. The maximum atomic E-state index is 12.5. The highest BCUT2D eigenvalue weighted by Gasteiger charge is 2.18. The summed E-state index contributed by atoms with van der Waals surface area (Å²) in [7, 11) is -3.56. The van der Waals surface area contributed by atoms with E-state index in [1.165, 1.54) is 11.3 Å². The Morgan fingerprint density at radius 1 is 1.23 bits per heavy atom. The fourth-order valence-corrected chi connectivity index (χ4v) is 5.29. The van der Waals surface area contributed by atoms with Gasteiger partial charge in [0.05, 0.1) is 12.0 Å². The first-order valence-corrected chi connectivity index (χ1v) is 11.0. The zero-order valence-corrected chi connectivity index (χ0v) is 15.9. The highest BCUT2D eigenvalue weighted by molar-refractivity contribution is 7.94. The van der Waals surface area contributed by atoms with E-state index < -0.39 is 10.0 Å². The van der Waals surface area contributed by atoms with Crippen molar-refractivity contribution in [3.63, 3.8) is 0 Å². The van der Waals surface area contributed by atoms with Gasteiger partial charge in [-0.2, -0.15) is 0 Å². The molecular weight excluding hydrogens is 370 g/mol. The first-order chi connectivity index (χ1) is 12.6. The van der Waals surface area contributed by atoms with Gasteiger partial charge < -0.3 is 9.73 Å². The van der Waals surface area contributed by atoms with Crippen LogP contribution in [-0.2, 0) is 16.6 Å². The van der Waals surface area contributed by atoms with Crippen LogP contribution >= 0.6 is 11.3 Å². The molecule has 4 rings (SSSR count). The second kappa shape index (κ2) is 7.40. The molecule has 8 heteroatoms. The molecule has 0 unspecified atom stereocenters. The number of fused-ring (bicyclic) bond motifs is 1. The highest BCUT2D eigenvalue weighted by atomic mass is 32.2. The van der Waals surface area contributed by atoms with Crippen LogP contribution < -0.4 is 10.0 Å². The molecule has 2 N–H and O–H groups in total. The van der Waals surface area contributed by atoms with E-state index in [9.17, 15) is 8.42 Å². The molecular formula is C18H21N3O3S2. The lowest BCUT2D eigenvalue weighted by Crippen LogP contribution is -2.27. The van der Waals surface area contributed by atoms with Crippen molar-refractivity contribution in [3.8, 4) is 0 Å². The third kappa shape index (κ3) is 3.78. The predicted octanol–water partition coefficient (Wildman–Crippen LogP) is 3.09. The van der Waals surface area contributed by atoms with Crippen LogP contribution in [0.3, 0.4) is 0 Å². The molecule has 0 aliphatic carbocycles. The Kier molecular flexibility index (Phi) is 4.99. The van der Waals surface area contributed by atoms with Crippen LogP contribution in [0.5, 0.6) is 0 Å². The highest BCUT2D eigenvalue weighted by Crippen LogP contribution is 2.28. The first kappa shape index (κ1) is 17.5. The Morgan fingerprint density at radius 3 is 3.00 bits per heavy atom. The number of anilines is 1. The summed E-state index contributed by atoms with van der Waals surface area (Å²) in [6, 6.07) is 8.91. The Bertz CT molecular complexity index is 972. The number of sulfonamides is 1. The molecule has 0 bridgehead atoms. The summed E-state index contributed by atoms with van der Waals surface area (Å²) < 4.78 is 33.8. The van der Waals surface area contributed by atoms with E-state index in [2.05, 4.69) is 14.9 Å². The third-order valence-corrected chi connectivity index (χ3v) is 7.25. The summed E-state index contributed by atoms with van der Waals surface area (Å²) in [6.07, 6.45) is 2.75. The van der Waals surface area contributed by atoms with E-state index in [4.69, 9.17) is 4.42 Å². The monoisotopic (exact) mass is 391 g/mol. The third-order valence-electron chi connectivity index (χ3n) is 4.47. The standard InChI is InChI=1S/C18H21N3O3S2/c22-26(23,17-3-1-10-25-17)20-16-11-14-4-9-24-18(14)15(12-16)13-21-7-2-5-19-6-8-21/h1,3-4,9-12,19-20H,2,5-8,13H2. The number of benzene rings is 1. The largest absolute Gasteiger partial charge is 0.464 e. The molecule has 0 radical (unpaired) electrons. The molecule has 1 aromatic carbocycles. The summed E-state index contributed by atoms with van der Waals surface area (Å²) in [6.45, 7) is 4.72. The molecule has 3 aromatic rings. The number of rotatable bonds is 5. The van der Waals surface area contributed by atoms with E-state index in [1.807, 2.05) is 18.2 Å². The van der Waals surface area contributed by atoms with Crippen LogP contribution in [-0.4, -0.2) is 39.5 Å². The number of hydrogen-bond acceptors (Lipinski definition) is 6. The van der Waals surface area contributed by atoms with E-state index >= 15 is 0 Å². The van der Waals surface area contributed by atoms with Crippen LogP contribution in [0, 0.1) is 0 Å². The van der Waals surface area contributed by atoms with Gasteiger partial charge in [0.1, 0.15) is 9.79 Å². The molecule has 2 aromatic heterocycles. The SMILES string of the molecule is O=S(=O)(Nc1cc(CN2CCCNCC2)c2occc2c1)c1cccs1. The molecule has 26 heavy (non-hydrogen) atoms. The van der Waals surface area contributed by atoms with Gasteiger partial charge in [-0.15, -0.1) is 11.3 Å². The first-order valence-electron chi connectivity index (χ1n) is 8.61. The molecule has 1 aliphatic heterocycles. The van der Waals surface area contributed by atoms with Crippen molar-refractivity contribution in [1.29, 1.82) is 0 Å². The van der Waals surface area contributed by atoms with Gasteiger partial charge in [-0.25, -0.2) is 8.42 Å². The topological polar surface area (TPSA) is 74.6 Å². The van der Waals surface area contributed by atoms with Crippen molar-refractivity contribution in [2.24, 2.45) is 0 Å². The lowest BCUT2D eigenvalue weighted by molar-refractivity contribution is 0.284. The Hall–Kier alpha value is -1.87. The van der Waals surface area contributed by atoms with Crippen molar-refractivity contribution in [1.82, 2.24) is 10.2 Å². The van der Waals surface area contributed by atoms with Crippen LogP contribution in [0.15, 0.2) is 50.6 Å². The lowest BCUT2D eigenvalue weighted by Gasteiger charge is -2.20. The van der Waals surface area contributed by atoms with Gasteiger partial charge in [-0.05, 0) is 49.2 Å². The molecule has 0 spiro atoms. The molecule has 3 heterocycles. The van der Waals surface area contributed by atoms with Crippen molar-refractivity contribution in [2.75, 3.05) is 30.9 Å². The van der Waals surface area contributed by atoms with Gasteiger partial charge >= 0.3 is 0 Å². The van der Waals surface area contributed by atoms with E-state index in [0.717, 1.165) is 55.7 Å². The van der Waals surface area contributed by atoms with Crippen LogP contribution in [0.2, 0.25) is 0 Å². The van der Waals surface area contributed by atoms with E-state index in [0.29, 0.717) is 9.90 Å². The summed E-state index contributed by atoms with van der Waals surface area (Å²) in [4.78, 5) is 2.37. The fourth-order valence-electron chi connectivity index (χ4n) is 3.26. The average Bonchev–Trinajstić information content (AvgIpc) is 3.24. The smallest absolute Gasteiger partial charge is 0.271 e. The lowest BCUT2D eigenvalue weighted by atomic mass is 10.1. The van der Waals surface area contributed by atoms with Gasteiger partial charge in [0.25, 0.3) is 10.0 Å². The van der Waals surface area contributed by atoms with E-state index in [1.54, 1.807) is 23.8 Å². The second-order valence-corrected chi connectivity index (χ2v) is 9.25. The van der Waals surface area contributed by atoms with Crippen LogP contribution in [0.4, 0.5) is 5.69 Å². The minimum Gasteiger partial charge on any atom is -0.464 e. The molecule has 0 atom stereocenters. The van der Waals surface area contributed by atoms with Gasteiger partial charge in [-0.3, -0.25) is 9.62 Å². The van der Waals surface area contributed by atoms with Gasteiger partial charge in [0.15, 0.2) is 0 Å². The molecule has 1 fully saturated rings. The predicted molar refractivity (Wildman–Crippen MR) is 104 cm³/mol. The fraction of sp³-hybridized carbons (Fsp3) is 0.333. The number of nitrogens with zero attached hydrogens (tertiary/aromatic N) is 1. The molecule has 1 saturated heterocycles. The van der Waals surface area contributed by atoms with Gasteiger partial charge in [0.2, 0.25) is 0 Å². The average molecular weight is 392 g/mol. The maximum Gasteiger partial charge on any atom is 0.271 e.